The van der Waals surface area contributed by atoms with Crippen molar-refractivity contribution in [3.63, 3.8) is 0 Å². The predicted octanol–water partition coefficient (Wildman–Crippen LogP) is 3.63. The van der Waals surface area contributed by atoms with Crippen LogP contribution in [0, 0.1) is 11.2 Å². The summed E-state index contributed by atoms with van der Waals surface area (Å²) in [6, 6.07) is 11.4. The summed E-state index contributed by atoms with van der Waals surface area (Å²) >= 11 is 0. The molecule has 1 amide bonds. The standard InChI is InChI=1S/C27H28FN7O4/c1-27(25(36)30-13-14-37-2)15-38-24(39-16-27)23-34-21(17-3-5-18(28)6-4-17)22(35-23)20-9-12-31-26(33-20)32-19-7-10-29-11-8-19/h3-12,24H,13-16H2,1-2H3,(H,30,36)(H,34,35)(H,29,31,32,33). The van der Waals surface area contributed by atoms with E-state index < -0.39 is 11.7 Å². The van der Waals surface area contributed by atoms with E-state index in [1.54, 1.807) is 63.0 Å². The molecule has 0 bridgehead atoms. The maximum absolute atomic E-state index is 13.7. The van der Waals surface area contributed by atoms with Crippen LogP contribution in [-0.2, 0) is 19.0 Å². The number of imidazole rings is 1. The number of halogens is 1. The molecule has 0 spiro atoms. The number of benzene rings is 1. The van der Waals surface area contributed by atoms with Crippen molar-refractivity contribution in [1.82, 2.24) is 30.2 Å². The molecule has 4 heterocycles. The Morgan fingerprint density at radius 2 is 1.85 bits per heavy atom. The fraction of sp³-hybridized carbons (Fsp3) is 0.296. The summed E-state index contributed by atoms with van der Waals surface area (Å²) in [6.07, 6.45) is 4.12. The Labute approximate surface area is 224 Å². The smallest absolute Gasteiger partial charge is 0.230 e. The van der Waals surface area contributed by atoms with E-state index in [0.29, 0.717) is 47.6 Å². The van der Waals surface area contributed by atoms with Gasteiger partial charge in [0, 0.05) is 43.5 Å². The normalized spacial score (nSPS) is 19.0. The summed E-state index contributed by atoms with van der Waals surface area (Å²) in [7, 11) is 1.57. The van der Waals surface area contributed by atoms with Crippen LogP contribution in [0.3, 0.4) is 0 Å². The first-order valence-electron chi connectivity index (χ1n) is 12.3. The highest BCUT2D eigenvalue weighted by Gasteiger charge is 2.40. The number of hydrogen-bond acceptors (Lipinski definition) is 9. The number of ether oxygens (including phenoxy) is 3. The highest BCUT2D eigenvalue weighted by Crippen LogP contribution is 2.35. The number of carbonyl (C=O) groups excluding carboxylic acids is 1. The topological polar surface area (TPSA) is 136 Å². The van der Waals surface area contributed by atoms with Crippen LogP contribution in [0.25, 0.3) is 22.6 Å². The number of carbonyl (C=O) groups is 1. The van der Waals surface area contributed by atoms with Gasteiger partial charge in [-0.25, -0.2) is 19.3 Å². The number of nitrogens with one attached hydrogen (secondary N) is 3. The van der Waals surface area contributed by atoms with E-state index >= 15 is 0 Å². The number of pyridine rings is 1. The van der Waals surface area contributed by atoms with Crippen molar-refractivity contribution < 1.29 is 23.4 Å². The monoisotopic (exact) mass is 533 g/mol. The van der Waals surface area contributed by atoms with Gasteiger partial charge in [0.05, 0.1) is 42.3 Å². The summed E-state index contributed by atoms with van der Waals surface area (Å²) in [5, 5.41) is 5.98. The first-order chi connectivity index (χ1) is 18.9. The number of amides is 1. The van der Waals surface area contributed by atoms with Crippen molar-refractivity contribution in [3.8, 4) is 22.6 Å². The SMILES string of the molecule is COCCNC(=O)C1(C)COC(c2nc(-c3ccc(F)cc3)c(-c3ccnc(Nc4ccncc4)n3)[nH]2)OC1. The molecule has 12 heteroatoms. The third-order valence-corrected chi connectivity index (χ3v) is 6.16. The van der Waals surface area contributed by atoms with E-state index in [4.69, 9.17) is 19.2 Å². The van der Waals surface area contributed by atoms with E-state index in [1.165, 1.54) is 12.1 Å². The molecule has 0 radical (unpaired) electrons. The molecule has 1 aliphatic rings. The van der Waals surface area contributed by atoms with Gasteiger partial charge in [-0.05, 0) is 49.4 Å². The Bertz CT molecular complexity index is 1410. The maximum Gasteiger partial charge on any atom is 0.230 e. The molecular weight excluding hydrogens is 505 g/mol. The zero-order chi connectivity index (χ0) is 27.2. The minimum Gasteiger partial charge on any atom is -0.383 e. The van der Waals surface area contributed by atoms with E-state index in [2.05, 4.69) is 30.6 Å². The first-order valence-corrected chi connectivity index (χ1v) is 12.3. The van der Waals surface area contributed by atoms with Crippen LogP contribution in [0.5, 0.6) is 0 Å². The Balaban J connectivity index is 1.41. The largest absolute Gasteiger partial charge is 0.383 e. The van der Waals surface area contributed by atoms with Gasteiger partial charge >= 0.3 is 0 Å². The Morgan fingerprint density at radius 1 is 1.10 bits per heavy atom. The van der Waals surface area contributed by atoms with Gasteiger partial charge in [-0.2, -0.15) is 0 Å². The number of nitrogens with zero attached hydrogens (tertiary/aromatic N) is 4. The van der Waals surface area contributed by atoms with Crippen LogP contribution >= 0.6 is 0 Å². The van der Waals surface area contributed by atoms with E-state index in [0.717, 1.165) is 5.69 Å². The molecule has 0 atom stereocenters. The minimum atomic E-state index is -0.861. The molecule has 0 saturated carbocycles. The number of rotatable bonds is 9. The van der Waals surface area contributed by atoms with Crippen molar-refractivity contribution in [2.75, 3.05) is 38.8 Å². The Hall–Kier alpha value is -4.26. The molecular formula is C27H28FN7O4. The van der Waals surface area contributed by atoms with Gasteiger partial charge in [0.25, 0.3) is 0 Å². The fourth-order valence-electron chi connectivity index (χ4n) is 4.01. The Morgan fingerprint density at radius 3 is 2.56 bits per heavy atom. The Kier molecular flexibility index (Phi) is 7.87. The van der Waals surface area contributed by atoms with Gasteiger partial charge in [0.1, 0.15) is 5.82 Å². The third-order valence-electron chi connectivity index (χ3n) is 6.16. The molecule has 1 aliphatic heterocycles. The van der Waals surface area contributed by atoms with Crippen molar-refractivity contribution >= 4 is 17.5 Å². The van der Waals surface area contributed by atoms with Gasteiger partial charge in [-0.15, -0.1) is 0 Å². The zero-order valence-electron chi connectivity index (χ0n) is 21.5. The van der Waals surface area contributed by atoms with E-state index in [9.17, 15) is 9.18 Å². The van der Waals surface area contributed by atoms with E-state index in [-0.39, 0.29) is 24.9 Å². The van der Waals surface area contributed by atoms with Crippen molar-refractivity contribution in [2.45, 2.75) is 13.2 Å². The molecule has 3 N–H and O–H groups in total. The zero-order valence-corrected chi connectivity index (χ0v) is 21.5. The quantitative estimate of drug-likeness (QED) is 0.276. The number of H-pyrrole nitrogens is 1. The van der Waals surface area contributed by atoms with Gasteiger partial charge in [0.2, 0.25) is 18.1 Å². The second-order valence-corrected chi connectivity index (χ2v) is 9.24. The number of anilines is 2. The van der Waals surface area contributed by atoms with Gasteiger partial charge in [-0.1, -0.05) is 0 Å². The average Bonchev–Trinajstić information content (AvgIpc) is 3.40. The van der Waals surface area contributed by atoms with Crippen LogP contribution < -0.4 is 10.6 Å². The number of aromatic nitrogens is 5. The highest BCUT2D eigenvalue weighted by atomic mass is 19.1. The van der Waals surface area contributed by atoms with Gasteiger partial charge < -0.3 is 29.8 Å². The van der Waals surface area contributed by atoms with Crippen LogP contribution in [0.1, 0.15) is 19.0 Å². The highest BCUT2D eigenvalue weighted by molar-refractivity contribution is 5.82. The van der Waals surface area contributed by atoms with E-state index in [1.807, 2.05) is 0 Å². The lowest BCUT2D eigenvalue weighted by Gasteiger charge is -2.35. The van der Waals surface area contributed by atoms with Crippen molar-refractivity contribution in [3.05, 3.63) is 72.7 Å². The van der Waals surface area contributed by atoms with Crippen LogP contribution in [0.2, 0.25) is 0 Å². The number of methoxy groups -OCH3 is 1. The minimum absolute atomic E-state index is 0.131. The van der Waals surface area contributed by atoms with Crippen LogP contribution in [-0.4, -0.2) is 64.3 Å². The molecule has 1 fully saturated rings. The maximum atomic E-state index is 13.7. The summed E-state index contributed by atoms with van der Waals surface area (Å²) in [5.41, 5.74) is 2.27. The fourth-order valence-corrected chi connectivity index (χ4v) is 4.01. The summed E-state index contributed by atoms with van der Waals surface area (Å²) in [4.78, 5) is 33.6. The van der Waals surface area contributed by atoms with Crippen molar-refractivity contribution in [1.29, 1.82) is 0 Å². The molecule has 4 aromatic rings. The molecule has 3 aromatic heterocycles. The lowest BCUT2D eigenvalue weighted by molar-refractivity contribution is -0.231. The molecule has 0 aliphatic carbocycles. The summed E-state index contributed by atoms with van der Waals surface area (Å²) in [5.74, 6) is 0.234. The average molecular weight is 534 g/mol. The first kappa shape index (κ1) is 26.4. The molecule has 202 valence electrons. The molecule has 5 rings (SSSR count). The molecule has 1 aromatic carbocycles. The van der Waals surface area contributed by atoms with Crippen LogP contribution in [0.4, 0.5) is 16.0 Å². The second-order valence-electron chi connectivity index (χ2n) is 9.24. The third kappa shape index (κ3) is 6.08. The lowest BCUT2D eigenvalue weighted by atomic mass is 9.91. The number of hydrogen-bond donors (Lipinski definition) is 3. The summed E-state index contributed by atoms with van der Waals surface area (Å²) < 4.78 is 30.6. The second kappa shape index (κ2) is 11.6. The van der Waals surface area contributed by atoms with Crippen LogP contribution in [0.15, 0.2) is 61.1 Å². The van der Waals surface area contributed by atoms with Crippen molar-refractivity contribution in [2.24, 2.45) is 5.41 Å². The van der Waals surface area contributed by atoms with Gasteiger partial charge in [-0.3, -0.25) is 9.78 Å². The molecule has 11 nitrogen and oxygen atoms in total. The predicted molar refractivity (Wildman–Crippen MR) is 140 cm³/mol. The number of aromatic amines is 1. The molecule has 0 unspecified atom stereocenters. The van der Waals surface area contributed by atoms with Gasteiger partial charge in [0.15, 0.2) is 5.82 Å². The lowest BCUT2D eigenvalue weighted by Crippen LogP contribution is -2.49. The molecule has 39 heavy (non-hydrogen) atoms. The summed E-state index contributed by atoms with van der Waals surface area (Å²) in [6.45, 7) is 2.85. The molecule has 1 saturated heterocycles.